The fraction of sp³-hybridized carbons (Fsp3) is 0.267. The Balaban J connectivity index is 2.35. The van der Waals surface area contributed by atoms with Gasteiger partial charge in [-0.1, -0.05) is 35.5 Å². The molecule has 2 aromatic rings. The Hall–Kier alpha value is -2.83. The molecule has 0 fully saturated rings. The van der Waals surface area contributed by atoms with Gasteiger partial charge >= 0.3 is 5.97 Å². The maximum Gasteiger partial charge on any atom is 0.334 e. The summed E-state index contributed by atoms with van der Waals surface area (Å²) in [7, 11) is 1.17. The van der Waals surface area contributed by atoms with Crippen LogP contribution in [0.25, 0.3) is 10.8 Å². The van der Waals surface area contributed by atoms with Crippen molar-refractivity contribution in [2.24, 2.45) is 5.18 Å². The molecule has 0 radical (unpaired) electrons. The minimum absolute atomic E-state index is 0.00684. The Morgan fingerprint density at radius 1 is 1.32 bits per heavy atom. The molecule has 0 aliphatic carbocycles. The number of nitrogens with zero attached hydrogens (tertiary/aromatic N) is 2. The smallest absolute Gasteiger partial charge is 0.334 e. The van der Waals surface area contributed by atoms with E-state index in [4.69, 9.17) is 0 Å². The fourth-order valence-electron chi connectivity index (χ4n) is 2.36. The lowest BCUT2D eigenvalue weighted by Crippen LogP contribution is -2.20. The highest BCUT2D eigenvalue weighted by Gasteiger charge is 2.23. The third-order valence-corrected chi connectivity index (χ3v) is 3.45. The Kier molecular flexibility index (Phi) is 4.77. The molecule has 0 amide bonds. The predicted octanol–water partition coefficient (Wildman–Crippen LogP) is 2.99. The molecule has 2 aromatic carbocycles. The average Bonchev–Trinajstić information content (AvgIpc) is 2.54. The van der Waals surface area contributed by atoms with Crippen molar-refractivity contribution in [3.05, 3.63) is 57.0 Å². The van der Waals surface area contributed by atoms with E-state index in [9.17, 15) is 19.8 Å². The van der Waals surface area contributed by atoms with E-state index in [0.29, 0.717) is 10.9 Å². The summed E-state index contributed by atoms with van der Waals surface area (Å²) in [6.07, 6.45) is 0.252. The quantitative estimate of drug-likeness (QED) is 0.353. The van der Waals surface area contributed by atoms with Gasteiger partial charge in [-0.3, -0.25) is 10.1 Å². The highest BCUT2D eigenvalue weighted by atomic mass is 16.6. The molecule has 0 spiro atoms. The molecular formula is C15H14N2O5. The summed E-state index contributed by atoms with van der Waals surface area (Å²) in [6.45, 7) is 0. The Morgan fingerprint density at radius 2 is 2.05 bits per heavy atom. The number of carbonyl (C=O) groups is 1. The number of methoxy groups -OCH3 is 1. The average molecular weight is 302 g/mol. The number of hydrogen-bond donors (Lipinski definition) is 0. The number of carbonyl (C=O) groups excluding carboxylic acids is 1. The first-order chi connectivity index (χ1) is 10.6. The molecule has 22 heavy (non-hydrogen) atoms. The van der Waals surface area contributed by atoms with E-state index in [-0.39, 0.29) is 18.5 Å². The lowest BCUT2D eigenvalue weighted by Gasteiger charge is -2.08. The van der Waals surface area contributed by atoms with Crippen LogP contribution in [0.3, 0.4) is 0 Å². The van der Waals surface area contributed by atoms with Crippen LogP contribution >= 0.6 is 0 Å². The van der Waals surface area contributed by atoms with Crippen molar-refractivity contribution in [2.75, 3.05) is 7.11 Å². The molecule has 0 heterocycles. The van der Waals surface area contributed by atoms with E-state index >= 15 is 0 Å². The van der Waals surface area contributed by atoms with Gasteiger partial charge in [0.1, 0.15) is 0 Å². The maximum absolute atomic E-state index is 11.4. The van der Waals surface area contributed by atoms with Crippen LogP contribution in [0, 0.1) is 15.0 Å². The second-order valence-corrected chi connectivity index (χ2v) is 4.73. The van der Waals surface area contributed by atoms with Crippen LogP contribution < -0.4 is 0 Å². The first kappa shape index (κ1) is 15.6. The third kappa shape index (κ3) is 3.08. The van der Waals surface area contributed by atoms with E-state index in [1.54, 1.807) is 36.4 Å². The normalized spacial score (nSPS) is 11.9. The largest absolute Gasteiger partial charge is 0.467 e. The third-order valence-electron chi connectivity index (χ3n) is 3.45. The van der Waals surface area contributed by atoms with Gasteiger partial charge in [0, 0.05) is 5.56 Å². The van der Waals surface area contributed by atoms with Crippen LogP contribution in [-0.2, 0) is 16.0 Å². The zero-order valence-electron chi connectivity index (χ0n) is 11.9. The topological polar surface area (TPSA) is 98.9 Å². The van der Waals surface area contributed by atoms with Crippen LogP contribution in [0.2, 0.25) is 0 Å². The van der Waals surface area contributed by atoms with Gasteiger partial charge in [0.05, 0.1) is 17.4 Å². The molecule has 2 rings (SSSR count). The first-order valence-corrected chi connectivity index (χ1v) is 6.63. The standard InChI is InChI=1S/C15H14N2O5/c1-22-15(18)13(16-19)9-8-11-7-6-10-4-2-3-5-12(10)14(11)17(20)21/h2-7,13H,8-9H2,1H3. The highest BCUT2D eigenvalue weighted by molar-refractivity contribution is 5.92. The Bertz CT molecular complexity index is 729. The van der Waals surface area contributed by atoms with E-state index in [1.807, 2.05) is 0 Å². The molecule has 0 saturated carbocycles. The van der Waals surface area contributed by atoms with Gasteiger partial charge in [-0.2, -0.15) is 0 Å². The molecule has 0 aliphatic rings. The van der Waals surface area contributed by atoms with Crippen molar-refractivity contribution in [3.63, 3.8) is 0 Å². The summed E-state index contributed by atoms with van der Waals surface area (Å²) in [5.41, 5.74) is 0.453. The van der Waals surface area contributed by atoms with Crippen LogP contribution in [-0.4, -0.2) is 24.0 Å². The second kappa shape index (κ2) is 6.75. The van der Waals surface area contributed by atoms with Crippen LogP contribution in [0.5, 0.6) is 0 Å². The van der Waals surface area contributed by atoms with Crippen molar-refractivity contribution >= 4 is 22.4 Å². The van der Waals surface area contributed by atoms with Gasteiger partial charge in [0.15, 0.2) is 6.04 Å². The lowest BCUT2D eigenvalue weighted by molar-refractivity contribution is -0.383. The maximum atomic E-state index is 11.4. The first-order valence-electron chi connectivity index (χ1n) is 6.63. The SMILES string of the molecule is COC(=O)C(CCc1ccc2ccccc2c1[N+](=O)[O-])N=O. The van der Waals surface area contributed by atoms with Gasteiger partial charge in [0.2, 0.25) is 0 Å². The molecule has 0 saturated heterocycles. The van der Waals surface area contributed by atoms with Crippen molar-refractivity contribution in [3.8, 4) is 0 Å². The number of esters is 1. The Labute approximate surface area is 126 Å². The Morgan fingerprint density at radius 3 is 2.68 bits per heavy atom. The van der Waals surface area contributed by atoms with Gasteiger partial charge in [-0.05, 0) is 24.3 Å². The van der Waals surface area contributed by atoms with Crippen molar-refractivity contribution in [1.29, 1.82) is 0 Å². The molecule has 0 N–H and O–H groups in total. The van der Waals surface area contributed by atoms with Gasteiger partial charge in [0.25, 0.3) is 5.69 Å². The van der Waals surface area contributed by atoms with Crippen LogP contribution in [0.4, 0.5) is 5.69 Å². The molecule has 1 atom stereocenters. The summed E-state index contributed by atoms with van der Waals surface area (Å²) in [5.74, 6) is -0.738. The molecule has 114 valence electrons. The second-order valence-electron chi connectivity index (χ2n) is 4.73. The van der Waals surface area contributed by atoms with Crippen LogP contribution in [0.15, 0.2) is 41.6 Å². The highest BCUT2D eigenvalue weighted by Crippen LogP contribution is 2.30. The fourth-order valence-corrected chi connectivity index (χ4v) is 2.36. The molecule has 7 heteroatoms. The number of benzene rings is 2. The predicted molar refractivity (Wildman–Crippen MR) is 80.5 cm³/mol. The number of rotatable bonds is 6. The summed E-state index contributed by atoms with van der Waals surface area (Å²) in [4.78, 5) is 32.9. The number of nitro benzene ring substituents is 1. The number of fused-ring (bicyclic) bond motifs is 1. The molecule has 1 unspecified atom stereocenters. The minimum Gasteiger partial charge on any atom is -0.467 e. The van der Waals surface area contributed by atoms with Gasteiger partial charge in [-0.15, -0.1) is 4.91 Å². The summed E-state index contributed by atoms with van der Waals surface area (Å²) < 4.78 is 4.47. The number of nitroso groups, excluding NO2 is 1. The number of aryl methyl sites for hydroxylation is 1. The lowest BCUT2D eigenvalue weighted by atomic mass is 9.99. The molecule has 0 bridgehead atoms. The number of ether oxygens (including phenoxy) is 1. The zero-order valence-corrected chi connectivity index (χ0v) is 11.9. The summed E-state index contributed by atoms with van der Waals surface area (Å²) >= 11 is 0. The minimum atomic E-state index is -1.16. The summed E-state index contributed by atoms with van der Waals surface area (Å²) in [5, 5.41) is 15.4. The van der Waals surface area contributed by atoms with Gasteiger partial charge < -0.3 is 4.74 Å². The van der Waals surface area contributed by atoms with Crippen molar-refractivity contribution in [2.45, 2.75) is 18.9 Å². The van der Waals surface area contributed by atoms with Crippen molar-refractivity contribution < 1.29 is 14.5 Å². The van der Waals surface area contributed by atoms with E-state index in [1.165, 1.54) is 7.11 Å². The number of hydrogen-bond acceptors (Lipinski definition) is 6. The van der Waals surface area contributed by atoms with Crippen LogP contribution in [0.1, 0.15) is 12.0 Å². The number of nitro groups is 1. The molecular weight excluding hydrogens is 288 g/mol. The molecule has 0 aliphatic heterocycles. The van der Waals surface area contributed by atoms with E-state index in [0.717, 1.165) is 5.39 Å². The van der Waals surface area contributed by atoms with E-state index < -0.39 is 16.9 Å². The van der Waals surface area contributed by atoms with Gasteiger partial charge in [-0.25, -0.2) is 4.79 Å². The molecule has 0 aromatic heterocycles. The summed E-state index contributed by atoms with van der Waals surface area (Å²) in [6, 6.07) is 9.25. The molecule has 7 nitrogen and oxygen atoms in total. The monoisotopic (exact) mass is 302 g/mol. The zero-order chi connectivity index (χ0) is 16.1. The van der Waals surface area contributed by atoms with E-state index in [2.05, 4.69) is 9.91 Å². The van der Waals surface area contributed by atoms with Crippen molar-refractivity contribution in [1.82, 2.24) is 0 Å².